The summed E-state index contributed by atoms with van der Waals surface area (Å²) in [5.41, 5.74) is 0.521. The Morgan fingerprint density at radius 2 is 1.10 bits per heavy atom. The molecule has 0 atom stereocenters. The Labute approximate surface area is 107 Å². The summed E-state index contributed by atoms with van der Waals surface area (Å²) in [6.07, 6.45) is -11.0. The number of alkyl halides is 6. The first-order valence-corrected chi connectivity index (χ1v) is 4.66. The SMILES string of the molecule is N#Cc1c(N)c(N)c(C(F)(F)F)c(C(F)(F)F)c1C#N. The Hall–Kier alpha value is -2.62. The van der Waals surface area contributed by atoms with Crippen LogP contribution in [0.15, 0.2) is 0 Å². The first-order valence-electron chi connectivity index (χ1n) is 4.66. The normalized spacial score (nSPS) is 11.8. The second-order valence-corrected chi connectivity index (χ2v) is 3.55. The summed E-state index contributed by atoms with van der Waals surface area (Å²) in [7, 11) is 0. The van der Waals surface area contributed by atoms with E-state index in [1.165, 1.54) is 0 Å². The number of nitrogens with two attached hydrogens (primary N) is 2. The molecule has 0 aliphatic heterocycles. The monoisotopic (exact) mass is 294 g/mol. The summed E-state index contributed by atoms with van der Waals surface area (Å²) in [4.78, 5) is 0. The molecule has 10 heteroatoms. The molecule has 1 rings (SSSR count). The average molecular weight is 294 g/mol. The molecule has 4 N–H and O–H groups in total. The maximum Gasteiger partial charge on any atom is 0.419 e. The number of benzene rings is 1. The van der Waals surface area contributed by atoms with Crippen molar-refractivity contribution in [2.75, 3.05) is 11.5 Å². The van der Waals surface area contributed by atoms with Crippen LogP contribution in [0, 0.1) is 22.7 Å². The van der Waals surface area contributed by atoms with E-state index in [2.05, 4.69) is 0 Å². The molecule has 0 aromatic heterocycles. The zero-order chi connectivity index (χ0) is 15.9. The van der Waals surface area contributed by atoms with Crippen LogP contribution >= 0.6 is 0 Å². The zero-order valence-corrected chi connectivity index (χ0v) is 9.32. The van der Waals surface area contributed by atoms with Crippen LogP contribution in [0.3, 0.4) is 0 Å². The molecule has 4 nitrogen and oxygen atoms in total. The van der Waals surface area contributed by atoms with E-state index in [0.29, 0.717) is 0 Å². The zero-order valence-electron chi connectivity index (χ0n) is 9.32. The molecule has 20 heavy (non-hydrogen) atoms. The van der Waals surface area contributed by atoms with Gasteiger partial charge in [0.15, 0.2) is 0 Å². The van der Waals surface area contributed by atoms with Crippen molar-refractivity contribution in [2.24, 2.45) is 0 Å². The smallest absolute Gasteiger partial charge is 0.397 e. The minimum absolute atomic E-state index is 0.924. The van der Waals surface area contributed by atoms with Gasteiger partial charge in [-0.15, -0.1) is 0 Å². The van der Waals surface area contributed by atoms with E-state index in [-0.39, 0.29) is 0 Å². The highest BCUT2D eigenvalue weighted by Gasteiger charge is 2.48. The number of rotatable bonds is 0. The van der Waals surface area contributed by atoms with Crippen molar-refractivity contribution in [2.45, 2.75) is 12.4 Å². The Morgan fingerprint density at radius 1 is 0.700 bits per heavy atom. The van der Waals surface area contributed by atoms with Gasteiger partial charge in [0, 0.05) is 0 Å². The maximum atomic E-state index is 12.8. The molecule has 0 amide bonds. The Bertz CT molecular complexity index is 644. The number of hydrogen-bond acceptors (Lipinski definition) is 4. The highest BCUT2D eigenvalue weighted by Crippen LogP contribution is 2.48. The van der Waals surface area contributed by atoms with Gasteiger partial charge in [0.25, 0.3) is 0 Å². The Morgan fingerprint density at radius 3 is 1.40 bits per heavy atom. The van der Waals surface area contributed by atoms with Crippen LogP contribution in [-0.4, -0.2) is 0 Å². The Kier molecular flexibility index (Phi) is 3.46. The second-order valence-electron chi connectivity index (χ2n) is 3.55. The summed E-state index contributed by atoms with van der Waals surface area (Å²) >= 11 is 0. The molecule has 0 aliphatic carbocycles. The van der Waals surface area contributed by atoms with E-state index in [4.69, 9.17) is 22.0 Å². The molecule has 0 aliphatic rings. The van der Waals surface area contributed by atoms with E-state index in [9.17, 15) is 26.3 Å². The van der Waals surface area contributed by atoms with Crippen LogP contribution in [0.25, 0.3) is 0 Å². The molecule has 0 unspecified atom stereocenters. The van der Waals surface area contributed by atoms with Gasteiger partial charge in [-0.3, -0.25) is 0 Å². The van der Waals surface area contributed by atoms with Crippen molar-refractivity contribution < 1.29 is 26.3 Å². The lowest BCUT2D eigenvalue weighted by Crippen LogP contribution is -2.22. The summed E-state index contributed by atoms with van der Waals surface area (Å²) in [6.45, 7) is 0. The van der Waals surface area contributed by atoms with Crippen LogP contribution in [0.1, 0.15) is 22.3 Å². The van der Waals surface area contributed by atoms with Gasteiger partial charge in [0.05, 0.1) is 33.6 Å². The first kappa shape index (κ1) is 15.4. The number of hydrogen-bond donors (Lipinski definition) is 2. The van der Waals surface area contributed by atoms with Crippen LogP contribution in [0.2, 0.25) is 0 Å². The van der Waals surface area contributed by atoms with Gasteiger partial charge in [0.2, 0.25) is 0 Å². The quantitative estimate of drug-likeness (QED) is 0.567. The topological polar surface area (TPSA) is 99.6 Å². The highest BCUT2D eigenvalue weighted by molar-refractivity contribution is 5.81. The fraction of sp³-hybridized carbons (Fsp3) is 0.200. The first-order chi connectivity index (χ1) is 8.96. The summed E-state index contributed by atoms with van der Waals surface area (Å²) in [5, 5.41) is 17.3. The molecule has 0 radical (unpaired) electrons. The van der Waals surface area contributed by atoms with Crippen molar-refractivity contribution in [1.29, 1.82) is 10.5 Å². The van der Waals surface area contributed by atoms with Gasteiger partial charge in [-0.25, -0.2) is 0 Å². The van der Waals surface area contributed by atoms with E-state index < -0.39 is 46.0 Å². The Balaban J connectivity index is 4.12. The standard InChI is InChI=1S/C10H4F6N4/c11-9(12,13)5-3(1-17)4(2-18)7(19)8(20)6(5)10(14,15)16/h19-20H2. The third-order valence-electron chi connectivity index (χ3n) is 2.37. The average Bonchev–Trinajstić information content (AvgIpc) is 2.28. The van der Waals surface area contributed by atoms with Gasteiger partial charge in [-0.05, 0) is 0 Å². The molecule has 1 aromatic carbocycles. The number of halogens is 6. The molecule has 106 valence electrons. The molecule has 0 bridgehead atoms. The molecule has 0 saturated carbocycles. The predicted molar refractivity (Wildman–Crippen MR) is 54.7 cm³/mol. The summed E-state index contributed by atoms with van der Waals surface area (Å²) < 4.78 is 76.6. The number of nitriles is 2. The minimum Gasteiger partial charge on any atom is -0.397 e. The van der Waals surface area contributed by atoms with Gasteiger partial charge in [-0.2, -0.15) is 36.9 Å². The second kappa shape index (κ2) is 4.49. The van der Waals surface area contributed by atoms with E-state index in [0.717, 1.165) is 12.1 Å². The lowest BCUT2D eigenvalue weighted by Gasteiger charge is -2.21. The van der Waals surface area contributed by atoms with Crippen LogP contribution in [0.4, 0.5) is 37.7 Å². The van der Waals surface area contributed by atoms with Crippen molar-refractivity contribution in [3.8, 4) is 12.1 Å². The van der Waals surface area contributed by atoms with Gasteiger partial charge >= 0.3 is 12.4 Å². The molecular formula is C10H4F6N4. The van der Waals surface area contributed by atoms with E-state index >= 15 is 0 Å². The highest BCUT2D eigenvalue weighted by atomic mass is 19.4. The molecule has 0 saturated heterocycles. The minimum atomic E-state index is -5.52. The lowest BCUT2D eigenvalue weighted by atomic mass is 9.92. The molecule has 0 spiro atoms. The van der Waals surface area contributed by atoms with Crippen LogP contribution in [-0.2, 0) is 12.4 Å². The fourth-order valence-corrected chi connectivity index (χ4v) is 1.59. The summed E-state index contributed by atoms with van der Waals surface area (Å²) in [5.74, 6) is 0. The van der Waals surface area contributed by atoms with Crippen LogP contribution < -0.4 is 11.5 Å². The van der Waals surface area contributed by atoms with Gasteiger partial charge < -0.3 is 11.5 Å². The largest absolute Gasteiger partial charge is 0.419 e. The predicted octanol–water partition coefficient (Wildman–Crippen LogP) is 2.63. The van der Waals surface area contributed by atoms with Crippen molar-refractivity contribution in [3.63, 3.8) is 0 Å². The number of nitrogens with zero attached hydrogens (tertiary/aromatic N) is 2. The van der Waals surface area contributed by atoms with Crippen molar-refractivity contribution in [3.05, 3.63) is 22.3 Å². The molecule has 1 aromatic rings. The van der Waals surface area contributed by atoms with Crippen molar-refractivity contribution in [1.82, 2.24) is 0 Å². The lowest BCUT2D eigenvalue weighted by molar-refractivity contribution is -0.161. The van der Waals surface area contributed by atoms with Gasteiger partial charge in [0.1, 0.15) is 12.1 Å². The number of anilines is 2. The molecule has 0 heterocycles. The van der Waals surface area contributed by atoms with E-state index in [1.54, 1.807) is 0 Å². The molecular weight excluding hydrogens is 290 g/mol. The third kappa shape index (κ3) is 2.28. The number of nitrogen functional groups attached to an aromatic ring is 2. The summed E-state index contributed by atoms with van der Waals surface area (Å²) in [6, 6.07) is 2.08. The van der Waals surface area contributed by atoms with Gasteiger partial charge in [-0.1, -0.05) is 0 Å². The van der Waals surface area contributed by atoms with Crippen LogP contribution in [0.5, 0.6) is 0 Å². The van der Waals surface area contributed by atoms with E-state index in [1.807, 2.05) is 0 Å². The van der Waals surface area contributed by atoms with Crippen molar-refractivity contribution >= 4 is 11.4 Å². The third-order valence-corrected chi connectivity index (χ3v) is 2.37. The maximum absolute atomic E-state index is 12.8. The molecule has 0 fully saturated rings. The fourth-order valence-electron chi connectivity index (χ4n) is 1.59.